The topological polar surface area (TPSA) is 12.0 Å². The molecule has 100 valence electrons. The van der Waals surface area contributed by atoms with Crippen molar-refractivity contribution in [2.45, 2.75) is 19.8 Å². The van der Waals surface area contributed by atoms with Crippen LogP contribution in [0.25, 0.3) is 11.1 Å². The van der Waals surface area contributed by atoms with Gasteiger partial charge in [-0.3, -0.25) is 0 Å². The van der Waals surface area contributed by atoms with Crippen LogP contribution in [-0.4, -0.2) is 13.6 Å². The molecule has 0 heterocycles. The SMILES string of the molecule is CCC(CNC)Cc1ccc(-c2ccccc2)cc1. The summed E-state index contributed by atoms with van der Waals surface area (Å²) in [5.74, 6) is 0.729. The maximum Gasteiger partial charge on any atom is -0.00204 e. The Bertz CT molecular complexity index is 473. The number of nitrogens with one attached hydrogen (secondary N) is 1. The zero-order valence-electron chi connectivity index (χ0n) is 11.9. The summed E-state index contributed by atoms with van der Waals surface area (Å²) < 4.78 is 0. The average Bonchev–Trinajstić information content (AvgIpc) is 2.48. The highest BCUT2D eigenvalue weighted by Gasteiger charge is 2.06. The molecule has 0 spiro atoms. The van der Waals surface area contributed by atoms with Gasteiger partial charge in [0.1, 0.15) is 0 Å². The predicted molar refractivity (Wildman–Crippen MR) is 83.3 cm³/mol. The molecule has 0 radical (unpaired) electrons. The highest BCUT2D eigenvalue weighted by atomic mass is 14.8. The van der Waals surface area contributed by atoms with E-state index in [1.54, 1.807) is 0 Å². The summed E-state index contributed by atoms with van der Waals surface area (Å²) in [5, 5.41) is 3.28. The molecule has 0 aliphatic heterocycles. The summed E-state index contributed by atoms with van der Waals surface area (Å²) in [6.07, 6.45) is 2.38. The summed E-state index contributed by atoms with van der Waals surface area (Å²) in [6, 6.07) is 19.5. The van der Waals surface area contributed by atoms with Crippen molar-refractivity contribution >= 4 is 0 Å². The third-order valence-electron chi connectivity index (χ3n) is 3.66. The van der Waals surface area contributed by atoms with Crippen LogP contribution in [0.3, 0.4) is 0 Å². The van der Waals surface area contributed by atoms with E-state index in [0.717, 1.165) is 18.9 Å². The molecule has 0 aromatic heterocycles. The zero-order valence-corrected chi connectivity index (χ0v) is 11.9. The lowest BCUT2D eigenvalue weighted by molar-refractivity contribution is 0.481. The van der Waals surface area contributed by atoms with Crippen LogP contribution < -0.4 is 5.32 Å². The van der Waals surface area contributed by atoms with Crippen molar-refractivity contribution in [2.75, 3.05) is 13.6 Å². The van der Waals surface area contributed by atoms with E-state index in [1.165, 1.54) is 23.1 Å². The van der Waals surface area contributed by atoms with Gasteiger partial charge in [0.05, 0.1) is 0 Å². The van der Waals surface area contributed by atoms with Crippen molar-refractivity contribution in [3.8, 4) is 11.1 Å². The van der Waals surface area contributed by atoms with Gasteiger partial charge in [0.15, 0.2) is 0 Å². The minimum absolute atomic E-state index is 0.729. The summed E-state index contributed by atoms with van der Waals surface area (Å²) in [5.41, 5.74) is 4.02. The maximum atomic E-state index is 3.28. The van der Waals surface area contributed by atoms with Gasteiger partial charge in [-0.25, -0.2) is 0 Å². The van der Waals surface area contributed by atoms with E-state index in [1.807, 2.05) is 7.05 Å². The fourth-order valence-electron chi connectivity index (χ4n) is 2.45. The van der Waals surface area contributed by atoms with Crippen molar-refractivity contribution < 1.29 is 0 Å². The number of hydrogen-bond donors (Lipinski definition) is 1. The minimum atomic E-state index is 0.729. The Morgan fingerprint density at radius 2 is 1.53 bits per heavy atom. The van der Waals surface area contributed by atoms with Gasteiger partial charge in [0, 0.05) is 0 Å². The van der Waals surface area contributed by atoms with E-state index in [9.17, 15) is 0 Å². The zero-order chi connectivity index (χ0) is 13.5. The molecule has 1 atom stereocenters. The van der Waals surface area contributed by atoms with Crippen LogP contribution in [0.5, 0.6) is 0 Å². The summed E-state index contributed by atoms with van der Waals surface area (Å²) >= 11 is 0. The Kier molecular flexibility index (Phi) is 5.17. The second-order valence-electron chi connectivity index (χ2n) is 5.10. The van der Waals surface area contributed by atoms with Crippen LogP contribution >= 0.6 is 0 Å². The first-order valence-electron chi connectivity index (χ1n) is 7.12. The molecule has 0 bridgehead atoms. The van der Waals surface area contributed by atoms with Crippen molar-refractivity contribution in [3.63, 3.8) is 0 Å². The van der Waals surface area contributed by atoms with Crippen LogP contribution in [0.4, 0.5) is 0 Å². The molecule has 0 aliphatic rings. The Morgan fingerprint density at radius 3 is 2.11 bits per heavy atom. The van der Waals surface area contributed by atoms with Gasteiger partial charge < -0.3 is 5.32 Å². The fourth-order valence-corrected chi connectivity index (χ4v) is 2.45. The summed E-state index contributed by atoms with van der Waals surface area (Å²) in [4.78, 5) is 0. The Hall–Kier alpha value is -1.60. The van der Waals surface area contributed by atoms with Gasteiger partial charge in [-0.2, -0.15) is 0 Å². The molecule has 0 saturated carbocycles. The normalized spacial score (nSPS) is 12.3. The van der Waals surface area contributed by atoms with Crippen molar-refractivity contribution in [2.24, 2.45) is 5.92 Å². The second-order valence-corrected chi connectivity index (χ2v) is 5.10. The van der Waals surface area contributed by atoms with E-state index >= 15 is 0 Å². The van der Waals surface area contributed by atoms with Gasteiger partial charge in [0.25, 0.3) is 0 Å². The van der Waals surface area contributed by atoms with Gasteiger partial charge in [-0.05, 0) is 42.6 Å². The number of benzene rings is 2. The summed E-state index contributed by atoms with van der Waals surface area (Å²) in [6.45, 7) is 3.36. The lowest BCUT2D eigenvalue weighted by atomic mass is 9.95. The van der Waals surface area contributed by atoms with Crippen molar-refractivity contribution in [1.82, 2.24) is 5.32 Å². The van der Waals surface area contributed by atoms with E-state index < -0.39 is 0 Å². The van der Waals surface area contributed by atoms with Crippen LogP contribution in [0.15, 0.2) is 54.6 Å². The van der Waals surface area contributed by atoms with Gasteiger partial charge in [-0.15, -0.1) is 0 Å². The molecule has 1 unspecified atom stereocenters. The monoisotopic (exact) mass is 253 g/mol. The largest absolute Gasteiger partial charge is 0.319 e. The molecule has 0 aliphatic carbocycles. The second kappa shape index (κ2) is 7.10. The Labute approximate surface area is 116 Å². The predicted octanol–water partition coefficient (Wildman–Crippen LogP) is 4.14. The van der Waals surface area contributed by atoms with Crippen LogP contribution in [0, 0.1) is 5.92 Å². The molecular formula is C18H23N. The Balaban J connectivity index is 2.06. The number of rotatable bonds is 6. The van der Waals surface area contributed by atoms with Gasteiger partial charge in [0.2, 0.25) is 0 Å². The first kappa shape index (κ1) is 13.8. The van der Waals surface area contributed by atoms with E-state index in [2.05, 4.69) is 66.8 Å². The van der Waals surface area contributed by atoms with E-state index in [0.29, 0.717) is 0 Å². The van der Waals surface area contributed by atoms with E-state index in [4.69, 9.17) is 0 Å². The standard InChI is InChI=1S/C18H23N/c1-3-15(14-19-2)13-16-9-11-18(12-10-16)17-7-5-4-6-8-17/h4-12,15,19H,3,13-14H2,1-2H3. The number of hydrogen-bond acceptors (Lipinski definition) is 1. The highest BCUT2D eigenvalue weighted by Crippen LogP contribution is 2.20. The minimum Gasteiger partial charge on any atom is -0.319 e. The lowest BCUT2D eigenvalue weighted by Crippen LogP contribution is -2.20. The van der Waals surface area contributed by atoms with E-state index in [-0.39, 0.29) is 0 Å². The lowest BCUT2D eigenvalue weighted by Gasteiger charge is -2.14. The van der Waals surface area contributed by atoms with Crippen molar-refractivity contribution in [3.05, 3.63) is 60.2 Å². The molecule has 19 heavy (non-hydrogen) atoms. The average molecular weight is 253 g/mol. The third kappa shape index (κ3) is 3.93. The first-order valence-corrected chi connectivity index (χ1v) is 7.12. The molecule has 1 nitrogen and oxygen atoms in total. The van der Waals surface area contributed by atoms with Gasteiger partial charge in [-0.1, -0.05) is 67.9 Å². The van der Waals surface area contributed by atoms with Crippen LogP contribution in [0.1, 0.15) is 18.9 Å². The van der Waals surface area contributed by atoms with Gasteiger partial charge >= 0.3 is 0 Å². The Morgan fingerprint density at radius 1 is 0.895 bits per heavy atom. The molecule has 1 N–H and O–H groups in total. The maximum absolute atomic E-state index is 3.28. The molecule has 2 aromatic carbocycles. The molecule has 1 heteroatoms. The molecule has 0 saturated heterocycles. The molecular weight excluding hydrogens is 230 g/mol. The summed E-state index contributed by atoms with van der Waals surface area (Å²) in [7, 11) is 2.03. The molecule has 0 amide bonds. The molecule has 0 fully saturated rings. The molecule has 2 aromatic rings. The van der Waals surface area contributed by atoms with Crippen LogP contribution in [0.2, 0.25) is 0 Å². The fraction of sp³-hybridized carbons (Fsp3) is 0.333. The van der Waals surface area contributed by atoms with Crippen LogP contribution in [-0.2, 0) is 6.42 Å². The third-order valence-corrected chi connectivity index (χ3v) is 3.66. The first-order chi connectivity index (χ1) is 9.33. The molecule has 2 rings (SSSR count). The van der Waals surface area contributed by atoms with Crippen molar-refractivity contribution in [1.29, 1.82) is 0 Å². The smallest absolute Gasteiger partial charge is 0.00204 e. The quantitative estimate of drug-likeness (QED) is 0.815. The highest BCUT2D eigenvalue weighted by molar-refractivity contribution is 5.63.